The van der Waals surface area contributed by atoms with Crippen LogP contribution in [0.5, 0.6) is 0 Å². The maximum Gasteiger partial charge on any atom is 0.106 e. The number of aryl methyl sites for hydroxylation is 1. The fraction of sp³-hybridized carbons (Fsp3) is 0.400. The van der Waals surface area contributed by atoms with E-state index in [9.17, 15) is 0 Å². The molecule has 3 nitrogen and oxygen atoms in total. The standard InChI is InChI=1S/C15H19BrClN3/c1-3-6-18-8-14-9-19-11(2)20(14)10-12-4-5-13(16)7-15(12)17/h4-5,7,9,18H,3,6,8,10H2,1-2H3. The van der Waals surface area contributed by atoms with Crippen molar-refractivity contribution < 1.29 is 0 Å². The van der Waals surface area contributed by atoms with Crippen molar-refractivity contribution in [1.29, 1.82) is 0 Å². The van der Waals surface area contributed by atoms with E-state index < -0.39 is 0 Å². The molecule has 0 aliphatic heterocycles. The number of halogens is 2. The van der Waals surface area contributed by atoms with Gasteiger partial charge in [0.1, 0.15) is 5.82 Å². The van der Waals surface area contributed by atoms with Crippen molar-refractivity contribution in [3.63, 3.8) is 0 Å². The number of imidazole rings is 1. The van der Waals surface area contributed by atoms with Crippen molar-refractivity contribution >= 4 is 27.5 Å². The molecule has 0 spiro atoms. The fourth-order valence-corrected chi connectivity index (χ4v) is 2.82. The van der Waals surface area contributed by atoms with Crippen LogP contribution in [0.1, 0.15) is 30.4 Å². The van der Waals surface area contributed by atoms with Crippen LogP contribution in [0.3, 0.4) is 0 Å². The van der Waals surface area contributed by atoms with E-state index in [4.69, 9.17) is 11.6 Å². The first kappa shape index (κ1) is 15.5. The van der Waals surface area contributed by atoms with Gasteiger partial charge in [-0.1, -0.05) is 40.5 Å². The molecule has 0 bridgehead atoms. The third kappa shape index (κ3) is 3.84. The Hall–Kier alpha value is -0.840. The molecule has 5 heteroatoms. The minimum absolute atomic E-state index is 0.751. The summed E-state index contributed by atoms with van der Waals surface area (Å²) in [6, 6.07) is 6.00. The van der Waals surface area contributed by atoms with Gasteiger partial charge in [-0.05, 0) is 37.6 Å². The Kier molecular flexibility index (Phi) is 5.64. The summed E-state index contributed by atoms with van der Waals surface area (Å²) in [4.78, 5) is 4.41. The number of hydrogen-bond acceptors (Lipinski definition) is 2. The molecule has 2 rings (SSSR count). The van der Waals surface area contributed by atoms with Crippen LogP contribution in [0.25, 0.3) is 0 Å². The van der Waals surface area contributed by atoms with Crippen molar-refractivity contribution in [1.82, 2.24) is 14.9 Å². The maximum absolute atomic E-state index is 6.30. The first-order valence-electron chi connectivity index (χ1n) is 6.77. The number of rotatable bonds is 6. The van der Waals surface area contributed by atoms with Gasteiger partial charge in [0.2, 0.25) is 0 Å². The summed E-state index contributed by atoms with van der Waals surface area (Å²) in [5.74, 6) is 1.01. The van der Waals surface area contributed by atoms with E-state index in [1.165, 1.54) is 5.69 Å². The molecule has 0 saturated carbocycles. The minimum Gasteiger partial charge on any atom is -0.327 e. The SMILES string of the molecule is CCCNCc1cnc(C)n1Cc1ccc(Br)cc1Cl. The Labute approximate surface area is 133 Å². The zero-order chi connectivity index (χ0) is 14.5. The van der Waals surface area contributed by atoms with Crippen molar-refractivity contribution in [2.24, 2.45) is 0 Å². The summed E-state index contributed by atoms with van der Waals surface area (Å²) < 4.78 is 3.20. The zero-order valence-electron chi connectivity index (χ0n) is 11.8. The Morgan fingerprint density at radius 1 is 1.40 bits per heavy atom. The van der Waals surface area contributed by atoms with Crippen molar-refractivity contribution in [3.05, 3.63) is 51.0 Å². The first-order chi connectivity index (χ1) is 9.61. The molecule has 0 aliphatic carbocycles. The Balaban J connectivity index is 2.17. The lowest BCUT2D eigenvalue weighted by Crippen LogP contribution is -2.17. The number of benzene rings is 1. The van der Waals surface area contributed by atoms with Gasteiger partial charge >= 0.3 is 0 Å². The molecular weight excluding hydrogens is 338 g/mol. The monoisotopic (exact) mass is 355 g/mol. The van der Waals surface area contributed by atoms with Gasteiger partial charge < -0.3 is 9.88 Å². The van der Waals surface area contributed by atoms with Gasteiger partial charge in [0.25, 0.3) is 0 Å². The van der Waals surface area contributed by atoms with Crippen molar-refractivity contribution in [3.8, 4) is 0 Å². The molecule has 1 aromatic heterocycles. The number of nitrogens with one attached hydrogen (secondary N) is 1. The van der Waals surface area contributed by atoms with Crippen LogP contribution in [0.4, 0.5) is 0 Å². The molecular formula is C15H19BrClN3. The summed E-state index contributed by atoms with van der Waals surface area (Å²) in [6.45, 7) is 6.79. The molecule has 1 heterocycles. The zero-order valence-corrected chi connectivity index (χ0v) is 14.1. The second-order valence-corrected chi connectivity index (χ2v) is 6.12. The van der Waals surface area contributed by atoms with E-state index >= 15 is 0 Å². The first-order valence-corrected chi connectivity index (χ1v) is 7.94. The summed E-state index contributed by atoms with van der Waals surface area (Å²) >= 11 is 9.73. The molecule has 0 amide bonds. The molecule has 0 radical (unpaired) electrons. The molecule has 108 valence electrons. The van der Waals surface area contributed by atoms with Crippen LogP contribution in [0, 0.1) is 6.92 Å². The number of nitrogens with zero attached hydrogens (tertiary/aromatic N) is 2. The molecule has 20 heavy (non-hydrogen) atoms. The van der Waals surface area contributed by atoms with Gasteiger partial charge in [0, 0.05) is 22.2 Å². The van der Waals surface area contributed by atoms with E-state index in [0.717, 1.165) is 46.9 Å². The van der Waals surface area contributed by atoms with Gasteiger partial charge in [0.15, 0.2) is 0 Å². The van der Waals surface area contributed by atoms with Crippen LogP contribution < -0.4 is 5.32 Å². The van der Waals surface area contributed by atoms with E-state index in [0.29, 0.717) is 0 Å². The fourth-order valence-electron chi connectivity index (χ4n) is 2.09. The predicted octanol–water partition coefficient (Wildman–Crippen LogP) is 4.16. The highest BCUT2D eigenvalue weighted by Crippen LogP contribution is 2.23. The van der Waals surface area contributed by atoms with Gasteiger partial charge in [-0.2, -0.15) is 0 Å². The molecule has 1 N–H and O–H groups in total. The Bertz CT molecular complexity index is 580. The summed E-state index contributed by atoms with van der Waals surface area (Å²) in [6.07, 6.45) is 3.07. The smallest absolute Gasteiger partial charge is 0.106 e. The van der Waals surface area contributed by atoms with Crippen LogP contribution in [0.15, 0.2) is 28.9 Å². The normalized spacial score (nSPS) is 11.0. The van der Waals surface area contributed by atoms with Gasteiger partial charge in [0.05, 0.1) is 12.2 Å². The van der Waals surface area contributed by atoms with E-state index in [2.05, 4.69) is 43.8 Å². The summed E-state index contributed by atoms with van der Waals surface area (Å²) in [5, 5.41) is 4.19. The maximum atomic E-state index is 6.30. The lowest BCUT2D eigenvalue weighted by molar-refractivity contribution is 0.623. The molecule has 0 atom stereocenters. The van der Waals surface area contributed by atoms with Crippen molar-refractivity contribution in [2.75, 3.05) is 6.54 Å². The lowest BCUT2D eigenvalue weighted by atomic mass is 10.2. The van der Waals surface area contributed by atoms with E-state index in [-0.39, 0.29) is 0 Å². The largest absolute Gasteiger partial charge is 0.327 e. The van der Waals surface area contributed by atoms with Crippen LogP contribution >= 0.6 is 27.5 Å². The molecule has 0 unspecified atom stereocenters. The quantitative estimate of drug-likeness (QED) is 0.788. The third-order valence-electron chi connectivity index (χ3n) is 3.21. The number of aromatic nitrogens is 2. The van der Waals surface area contributed by atoms with Gasteiger partial charge in [-0.3, -0.25) is 0 Å². The molecule has 1 aromatic carbocycles. The highest BCUT2D eigenvalue weighted by molar-refractivity contribution is 9.10. The van der Waals surface area contributed by atoms with E-state index in [1.54, 1.807) is 0 Å². The second kappa shape index (κ2) is 7.25. The van der Waals surface area contributed by atoms with Crippen molar-refractivity contribution in [2.45, 2.75) is 33.4 Å². The highest BCUT2D eigenvalue weighted by Gasteiger charge is 2.09. The molecule has 0 aliphatic rings. The molecule has 2 aromatic rings. The third-order valence-corrected chi connectivity index (χ3v) is 4.06. The molecule has 0 saturated heterocycles. The van der Waals surface area contributed by atoms with Crippen LogP contribution in [0.2, 0.25) is 5.02 Å². The highest BCUT2D eigenvalue weighted by atomic mass is 79.9. The van der Waals surface area contributed by atoms with E-state index in [1.807, 2.05) is 25.3 Å². The second-order valence-electron chi connectivity index (χ2n) is 4.80. The topological polar surface area (TPSA) is 29.9 Å². The van der Waals surface area contributed by atoms with Crippen LogP contribution in [-0.2, 0) is 13.1 Å². The lowest BCUT2D eigenvalue weighted by Gasteiger charge is -2.12. The predicted molar refractivity (Wildman–Crippen MR) is 87.2 cm³/mol. The molecule has 0 fully saturated rings. The van der Waals surface area contributed by atoms with Gasteiger partial charge in [-0.15, -0.1) is 0 Å². The van der Waals surface area contributed by atoms with Gasteiger partial charge in [-0.25, -0.2) is 4.98 Å². The summed E-state index contributed by atoms with van der Waals surface area (Å²) in [5.41, 5.74) is 2.29. The number of hydrogen-bond donors (Lipinski definition) is 1. The Morgan fingerprint density at radius 3 is 2.90 bits per heavy atom. The summed E-state index contributed by atoms with van der Waals surface area (Å²) in [7, 11) is 0. The average Bonchev–Trinajstić information content (AvgIpc) is 2.75. The van der Waals surface area contributed by atoms with Crippen LogP contribution in [-0.4, -0.2) is 16.1 Å². The minimum atomic E-state index is 0.751. The average molecular weight is 357 g/mol. The Morgan fingerprint density at radius 2 is 2.20 bits per heavy atom.